The van der Waals surface area contributed by atoms with Crippen LogP contribution in [0.15, 0.2) is 42.5 Å². The molecule has 0 radical (unpaired) electrons. The minimum absolute atomic E-state index is 0.00400. The molecular weight excluding hydrogens is 513 g/mol. The van der Waals surface area contributed by atoms with Gasteiger partial charge >= 0.3 is 5.97 Å². The number of alkyl halides is 3. The highest BCUT2D eigenvalue weighted by Gasteiger charge is 2.35. The molecule has 0 aliphatic rings. The average Bonchev–Trinajstić information content (AvgIpc) is 2.77. The molecule has 0 bridgehead atoms. The zero-order chi connectivity index (χ0) is 24.6. The summed E-state index contributed by atoms with van der Waals surface area (Å²) in [6.07, 6.45) is -1.22. The van der Waals surface area contributed by atoms with E-state index in [0.29, 0.717) is 17.2 Å². The van der Waals surface area contributed by atoms with E-state index in [1.807, 2.05) is 0 Å². The molecule has 0 saturated carbocycles. The standard InChI is InChI=1S/C21H22Cl3N3O5S/c1-4-32-18(29)13-7-5-6-8-14(13)25-20(33)27-19(21(22,23)24)26-17(28)12-9-10-15(30-2)16(11-12)31-3/h5-11,19H,4H2,1-3H3,(H,26,28)(H2,25,27,33). The topological polar surface area (TPSA) is 97.9 Å². The van der Waals surface area contributed by atoms with Crippen LogP contribution in [-0.2, 0) is 4.74 Å². The van der Waals surface area contributed by atoms with Crippen molar-refractivity contribution in [2.45, 2.75) is 16.9 Å². The molecule has 8 nitrogen and oxygen atoms in total. The molecule has 33 heavy (non-hydrogen) atoms. The van der Waals surface area contributed by atoms with Gasteiger partial charge in [0.05, 0.1) is 32.1 Å². The van der Waals surface area contributed by atoms with Crippen LogP contribution in [0, 0.1) is 0 Å². The molecular formula is C21H22Cl3N3O5S. The Morgan fingerprint density at radius 3 is 2.30 bits per heavy atom. The maximum absolute atomic E-state index is 12.8. The molecule has 0 spiro atoms. The number of ether oxygens (including phenoxy) is 3. The highest BCUT2D eigenvalue weighted by atomic mass is 35.6. The molecule has 2 rings (SSSR count). The number of para-hydroxylation sites is 1. The number of methoxy groups -OCH3 is 2. The molecule has 0 aromatic heterocycles. The fourth-order valence-corrected chi connectivity index (χ4v) is 3.22. The number of carbonyl (C=O) groups excluding carboxylic acids is 2. The summed E-state index contributed by atoms with van der Waals surface area (Å²) < 4.78 is 13.4. The van der Waals surface area contributed by atoms with Crippen LogP contribution in [0.3, 0.4) is 0 Å². The van der Waals surface area contributed by atoms with Gasteiger partial charge in [-0.05, 0) is 49.5 Å². The van der Waals surface area contributed by atoms with E-state index in [-0.39, 0.29) is 22.8 Å². The smallest absolute Gasteiger partial charge is 0.340 e. The second-order valence-electron chi connectivity index (χ2n) is 6.38. The quantitative estimate of drug-likeness (QED) is 0.200. The summed E-state index contributed by atoms with van der Waals surface area (Å²) in [7, 11) is 2.93. The summed E-state index contributed by atoms with van der Waals surface area (Å²) in [6.45, 7) is 1.92. The number of hydrogen-bond donors (Lipinski definition) is 3. The summed E-state index contributed by atoms with van der Waals surface area (Å²) in [5.74, 6) is -0.273. The fourth-order valence-electron chi connectivity index (χ4n) is 2.66. The number of esters is 1. The monoisotopic (exact) mass is 533 g/mol. The van der Waals surface area contributed by atoms with Gasteiger partial charge in [0.25, 0.3) is 5.91 Å². The van der Waals surface area contributed by atoms with Gasteiger partial charge in [-0.3, -0.25) is 4.79 Å². The molecule has 1 atom stereocenters. The zero-order valence-corrected chi connectivity index (χ0v) is 21.0. The molecule has 0 aliphatic heterocycles. The zero-order valence-electron chi connectivity index (χ0n) is 17.9. The number of benzene rings is 2. The Morgan fingerprint density at radius 2 is 1.70 bits per heavy atom. The van der Waals surface area contributed by atoms with Crippen LogP contribution in [0.4, 0.5) is 5.69 Å². The molecule has 2 aromatic rings. The van der Waals surface area contributed by atoms with Gasteiger partial charge in [-0.15, -0.1) is 0 Å². The second-order valence-corrected chi connectivity index (χ2v) is 9.16. The number of amides is 1. The highest BCUT2D eigenvalue weighted by molar-refractivity contribution is 7.80. The third-order valence-corrected chi connectivity index (χ3v) is 5.07. The van der Waals surface area contributed by atoms with E-state index in [1.165, 1.54) is 26.4 Å². The first-order valence-corrected chi connectivity index (χ1v) is 11.1. The van der Waals surface area contributed by atoms with Crippen LogP contribution in [0.5, 0.6) is 11.5 Å². The summed E-state index contributed by atoms with van der Waals surface area (Å²) in [6, 6.07) is 11.2. The van der Waals surface area contributed by atoms with Gasteiger partial charge in [-0.1, -0.05) is 46.9 Å². The number of rotatable bonds is 8. The Bertz CT molecular complexity index is 1020. The van der Waals surface area contributed by atoms with Gasteiger partial charge in [0, 0.05) is 5.56 Å². The van der Waals surface area contributed by atoms with Crippen molar-refractivity contribution >= 4 is 69.7 Å². The molecule has 2 aromatic carbocycles. The number of thiocarbonyl (C=S) groups is 1. The maximum Gasteiger partial charge on any atom is 0.340 e. The van der Waals surface area contributed by atoms with Gasteiger partial charge < -0.3 is 30.2 Å². The third kappa shape index (κ3) is 7.53. The Balaban J connectivity index is 2.17. The average molecular weight is 535 g/mol. The van der Waals surface area contributed by atoms with Crippen molar-refractivity contribution in [2.24, 2.45) is 0 Å². The van der Waals surface area contributed by atoms with Crippen molar-refractivity contribution in [3.05, 3.63) is 53.6 Å². The van der Waals surface area contributed by atoms with Gasteiger partial charge in [0.2, 0.25) is 3.79 Å². The highest BCUT2D eigenvalue weighted by Crippen LogP contribution is 2.31. The number of hydrogen-bond acceptors (Lipinski definition) is 6. The molecule has 0 heterocycles. The van der Waals surface area contributed by atoms with Gasteiger partial charge in [0.1, 0.15) is 6.17 Å². The van der Waals surface area contributed by atoms with Crippen LogP contribution in [0.1, 0.15) is 27.6 Å². The second kappa shape index (κ2) is 12.1. The van der Waals surface area contributed by atoms with Crippen molar-refractivity contribution < 1.29 is 23.8 Å². The van der Waals surface area contributed by atoms with E-state index in [9.17, 15) is 9.59 Å². The van der Waals surface area contributed by atoms with Crippen LogP contribution in [0.25, 0.3) is 0 Å². The Morgan fingerprint density at radius 1 is 1.03 bits per heavy atom. The largest absolute Gasteiger partial charge is 0.493 e. The lowest BCUT2D eigenvalue weighted by atomic mass is 10.2. The molecule has 178 valence electrons. The molecule has 0 saturated heterocycles. The van der Waals surface area contributed by atoms with Gasteiger partial charge in [-0.25, -0.2) is 4.79 Å². The first-order chi connectivity index (χ1) is 15.6. The van der Waals surface area contributed by atoms with Crippen LogP contribution in [0.2, 0.25) is 0 Å². The van der Waals surface area contributed by atoms with E-state index < -0.39 is 21.8 Å². The van der Waals surface area contributed by atoms with Crippen LogP contribution >= 0.6 is 47.0 Å². The molecule has 0 aliphatic carbocycles. The maximum atomic E-state index is 12.8. The fraction of sp³-hybridized carbons (Fsp3) is 0.286. The van der Waals surface area contributed by atoms with Crippen molar-refractivity contribution in [3.8, 4) is 11.5 Å². The first kappa shape index (κ1) is 26.8. The lowest BCUT2D eigenvalue weighted by Crippen LogP contribution is -2.56. The minimum atomic E-state index is -1.97. The minimum Gasteiger partial charge on any atom is -0.493 e. The molecule has 0 fully saturated rings. The van der Waals surface area contributed by atoms with Gasteiger partial charge in [-0.2, -0.15) is 0 Å². The predicted octanol–water partition coefficient (Wildman–Crippen LogP) is 4.29. The Hall–Kier alpha value is -2.46. The SMILES string of the molecule is CCOC(=O)c1ccccc1NC(=S)NC(NC(=O)c1ccc(OC)c(OC)c1)C(Cl)(Cl)Cl. The molecule has 1 amide bonds. The number of halogens is 3. The molecule has 12 heteroatoms. The van der Waals surface area contributed by atoms with E-state index in [4.69, 9.17) is 61.2 Å². The lowest BCUT2D eigenvalue weighted by Gasteiger charge is -2.28. The van der Waals surface area contributed by atoms with E-state index in [1.54, 1.807) is 37.3 Å². The van der Waals surface area contributed by atoms with Crippen molar-refractivity contribution in [1.29, 1.82) is 0 Å². The third-order valence-electron chi connectivity index (χ3n) is 4.19. The summed E-state index contributed by atoms with van der Waals surface area (Å²) in [5, 5.41) is 8.17. The van der Waals surface area contributed by atoms with E-state index >= 15 is 0 Å². The lowest BCUT2D eigenvalue weighted by molar-refractivity contribution is 0.0527. The van der Waals surface area contributed by atoms with Crippen molar-refractivity contribution in [3.63, 3.8) is 0 Å². The van der Waals surface area contributed by atoms with Crippen LogP contribution in [-0.4, -0.2) is 47.8 Å². The molecule has 1 unspecified atom stereocenters. The predicted molar refractivity (Wildman–Crippen MR) is 133 cm³/mol. The normalized spacial score (nSPS) is 11.7. The number of nitrogens with one attached hydrogen (secondary N) is 3. The number of carbonyl (C=O) groups is 2. The summed E-state index contributed by atoms with van der Waals surface area (Å²) >= 11 is 23.5. The van der Waals surface area contributed by atoms with E-state index in [0.717, 1.165) is 0 Å². The van der Waals surface area contributed by atoms with E-state index in [2.05, 4.69) is 16.0 Å². The Labute approximate surface area is 211 Å². The van der Waals surface area contributed by atoms with Crippen molar-refractivity contribution in [1.82, 2.24) is 10.6 Å². The summed E-state index contributed by atoms with van der Waals surface area (Å²) in [5.41, 5.74) is 0.881. The van der Waals surface area contributed by atoms with Crippen LogP contribution < -0.4 is 25.4 Å². The van der Waals surface area contributed by atoms with Gasteiger partial charge in [0.15, 0.2) is 16.6 Å². The molecule has 3 N–H and O–H groups in total. The number of anilines is 1. The van der Waals surface area contributed by atoms with Crippen molar-refractivity contribution in [2.75, 3.05) is 26.1 Å². The Kier molecular flexibility index (Phi) is 9.85. The summed E-state index contributed by atoms with van der Waals surface area (Å²) in [4.78, 5) is 24.9. The first-order valence-electron chi connectivity index (χ1n) is 9.54.